The van der Waals surface area contributed by atoms with Gasteiger partial charge in [0.05, 0.1) is 19.1 Å². The van der Waals surface area contributed by atoms with Gasteiger partial charge in [0.2, 0.25) is 0 Å². The summed E-state index contributed by atoms with van der Waals surface area (Å²) < 4.78 is 5.19. The number of carbonyl (C=O) groups is 1. The van der Waals surface area contributed by atoms with Gasteiger partial charge in [-0.05, 0) is 32.4 Å². The summed E-state index contributed by atoms with van der Waals surface area (Å²) in [5.41, 5.74) is 0. The predicted molar refractivity (Wildman–Crippen MR) is 55.8 cm³/mol. The molecule has 0 radical (unpaired) electrons. The number of hydrogen-bond acceptors (Lipinski definition) is 3. The number of likely N-dealkylation sites (tertiary alicyclic amines) is 1. The predicted octanol–water partition coefficient (Wildman–Crippen LogP) is 1.10. The molecule has 1 N–H and O–H groups in total. The van der Waals surface area contributed by atoms with Crippen LogP contribution in [0.1, 0.15) is 32.1 Å². The Morgan fingerprint density at radius 3 is 2.60 bits per heavy atom. The Hall–Kier alpha value is -0.610. The van der Waals surface area contributed by atoms with Crippen LogP contribution in [0.15, 0.2) is 0 Å². The Morgan fingerprint density at radius 1 is 1.40 bits per heavy atom. The molecular formula is C11H19NO3. The van der Waals surface area contributed by atoms with Crippen LogP contribution in [0.3, 0.4) is 0 Å². The number of ether oxygens (including phenoxy) is 1. The van der Waals surface area contributed by atoms with Crippen molar-refractivity contribution in [3.05, 3.63) is 0 Å². The summed E-state index contributed by atoms with van der Waals surface area (Å²) in [4.78, 5) is 13.1. The highest BCUT2D eigenvalue weighted by atomic mass is 16.6. The van der Waals surface area contributed by atoms with Crippen LogP contribution < -0.4 is 0 Å². The molecule has 0 amide bonds. The number of piperidine rings is 1. The van der Waals surface area contributed by atoms with E-state index in [4.69, 9.17) is 9.84 Å². The minimum absolute atomic E-state index is 0.190. The van der Waals surface area contributed by atoms with E-state index >= 15 is 0 Å². The lowest BCUT2D eigenvalue weighted by Gasteiger charge is -2.33. The van der Waals surface area contributed by atoms with Crippen LogP contribution in [0.5, 0.6) is 0 Å². The average Bonchev–Trinajstić information content (AvgIpc) is 3.01. The molecule has 2 unspecified atom stereocenters. The van der Waals surface area contributed by atoms with E-state index in [1.807, 2.05) is 0 Å². The number of nitrogens with zero attached hydrogens (tertiary/aromatic N) is 1. The van der Waals surface area contributed by atoms with E-state index in [0.29, 0.717) is 6.10 Å². The van der Waals surface area contributed by atoms with Crippen molar-refractivity contribution in [2.75, 3.05) is 19.7 Å². The number of rotatable bonds is 5. The van der Waals surface area contributed by atoms with Crippen LogP contribution >= 0.6 is 0 Å². The maximum atomic E-state index is 10.8. The van der Waals surface area contributed by atoms with Gasteiger partial charge >= 0.3 is 5.97 Å². The number of epoxide rings is 1. The SMILES string of the molecule is O=C(O)CC(CC1CO1)N1CCCCC1. The fourth-order valence-electron chi connectivity index (χ4n) is 2.35. The largest absolute Gasteiger partial charge is 0.481 e. The van der Waals surface area contributed by atoms with E-state index in [1.54, 1.807) is 0 Å². The number of carboxylic acid groups (broad SMARTS) is 1. The second-order valence-corrected chi connectivity index (χ2v) is 4.54. The molecular weight excluding hydrogens is 194 g/mol. The summed E-state index contributed by atoms with van der Waals surface area (Å²) >= 11 is 0. The smallest absolute Gasteiger partial charge is 0.304 e. The molecule has 2 aliphatic rings. The fraction of sp³-hybridized carbons (Fsp3) is 0.909. The third-order valence-corrected chi connectivity index (χ3v) is 3.25. The van der Waals surface area contributed by atoms with Gasteiger partial charge in [0.25, 0.3) is 0 Å². The van der Waals surface area contributed by atoms with Crippen LogP contribution in [0.2, 0.25) is 0 Å². The first-order valence-corrected chi connectivity index (χ1v) is 5.83. The molecule has 0 aromatic carbocycles. The number of hydrogen-bond donors (Lipinski definition) is 1. The molecule has 2 saturated heterocycles. The van der Waals surface area contributed by atoms with E-state index in [0.717, 1.165) is 26.1 Å². The van der Waals surface area contributed by atoms with Crippen molar-refractivity contribution in [2.24, 2.45) is 0 Å². The zero-order valence-electron chi connectivity index (χ0n) is 9.02. The standard InChI is InChI=1S/C11H19NO3/c13-11(14)7-9(6-10-8-15-10)12-4-2-1-3-5-12/h9-10H,1-8H2,(H,13,14). The molecule has 2 atom stereocenters. The first kappa shape index (κ1) is 10.9. The summed E-state index contributed by atoms with van der Waals surface area (Å²) in [6, 6.07) is 0.190. The molecule has 2 heterocycles. The third kappa shape index (κ3) is 3.47. The van der Waals surface area contributed by atoms with Gasteiger partial charge in [-0.1, -0.05) is 6.42 Å². The molecule has 0 aromatic heterocycles. The molecule has 4 nitrogen and oxygen atoms in total. The van der Waals surface area contributed by atoms with Crippen molar-refractivity contribution in [3.8, 4) is 0 Å². The monoisotopic (exact) mass is 213 g/mol. The first-order valence-electron chi connectivity index (χ1n) is 5.83. The highest BCUT2D eigenvalue weighted by molar-refractivity contribution is 5.67. The van der Waals surface area contributed by atoms with Crippen LogP contribution in [-0.2, 0) is 9.53 Å². The van der Waals surface area contributed by atoms with Crippen molar-refractivity contribution in [1.82, 2.24) is 4.90 Å². The van der Waals surface area contributed by atoms with Gasteiger partial charge in [-0.3, -0.25) is 9.69 Å². The van der Waals surface area contributed by atoms with Gasteiger partial charge in [-0.15, -0.1) is 0 Å². The molecule has 0 aliphatic carbocycles. The zero-order chi connectivity index (χ0) is 10.7. The summed E-state index contributed by atoms with van der Waals surface area (Å²) in [6.07, 6.45) is 5.20. The molecule has 2 fully saturated rings. The molecule has 86 valence electrons. The summed E-state index contributed by atoms with van der Waals surface area (Å²) in [6.45, 7) is 2.94. The summed E-state index contributed by atoms with van der Waals surface area (Å²) in [5, 5.41) is 8.88. The lowest BCUT2D eigenvalue weighted by molar-refractivity contribution is -0.138. The lowest BCUT2D eigenvalue weighted by atomic mass is 10.0. The van der Waals surface area contributed by atoms with Gasteiger partial charge < -0.3 is 9.84 Å². The van der Waals surface area contributed by atoms with Crippen LogP contribution in [0.4, 0.5) is 0 Å². The van der Waals surface area contributed by atoms with E-state index in [2.05, 4.69) is 4.90 Å². The summed E-state index contributed by atoms with van der Waals surface area (Å²) in [7, 11) is 0. The Labute approximate surface area is 90.2 Å². The van der Waals surface area contributed by atoms with Crippen LogP contribution in [0, 0.1) is 0 Å². The molecule has 2 rings (SSSR count). The molecule has 0 aromatic rings. The Bertz CT molecular complexity index is 222. The van der Waals surface area contributed by atoms with Crippen molar-refractivity contribution in [1.29, 1.82) is 0 Å². The van der Waals surface area contributed by atoms with Crippen LogP contribution in [0.25, 0.3) is 0 Å². The second kappa shape index (κ2) is 4.94. The van der Waals surface area contributed by atoms with E-state index in [1.165, 1.54) is 19.3 Å². The highest BCUT2D eigenvalue weighted by Gasteiger charge is 2.31. The van der Waals surface area contributed by atoms with E-state index in [9.17, 15) is 4.79 Å². The number of aliphatic carboxylic acids is 1. The Kier molecular flexibility index (Phi) is 3.59. The normalized spacial score (nSPS) is 28.7. The first-order chi connectivity index (χ1) is 7.25. The zero-order valence-corrected chi connectivity index (χ0v) is 9.02. The van der Waals surface area contributed by atoms with Crippen LogP contribution in [-0.4, -0.2) is 47.8 Å². The fourth-order valence-corrected chi connectivity index (χ4v) is 2.35. The summed E-state index contributed by atoms with van der Waals surface area (Å²) in [5.74, 6) is -0.689. The lowest BCUT2D eigenvalue weighted by Crippen LogP contribution is -2.41. The third-order valence-electron chi connectivity index (χ3n) is 3.25. The van der Waals surface area contributed by atoms with Crippen molar-refractivity contribution in [3.63, 3.8) is 0 Å². The molecule has 0 saturated carbocycles. The van der Waals surface area contributed by atoms with Gasteiger partial charge in [0.15, 0.2) is 0 Å². The van der Waals surface area contributed by atoms with Crippen molar-refractivity contribution in [2.45, 2.75) is 44.2 Å². The average molecular weight is 213 g/mol. The van der Waals surface area contributed by atoms with E-state index < -0.39 is 5.97 Å². The Balaban J connectivity index is 1.86. The minimum Gasteiger partial charge on any atom is -0.481 e. The highest BCUT2D eigenvalue weighted by Crippen LogP contribution is 2.23. The quantitative estimate of drug-likeness (QED) is 0.695. The second-order valence-electron chi connectivity index (χ2n) is 4.54. The van der Waals surface area contributed by atoms with Crippen molar-refractivity contribution < 1.29 is 14.6 Å². The van der Waals surface area contributed by atoms with Gasteiger partial charge in [0.1, 0.15) is 0 Å². The number of carboxylic acids is 1. The molecule has 15 heavy (non-hydrogen) atoms. The van der Waals surface area contributed by atoms with Crippen molar-refractivity contribution >= 4 is 5.97 Å². The van der Waals surface area contributed by atoms with Gasteiger partial charge in [-0.2, -0.15) is 0 Å². The Morgan fingerprint density at radius 2 is 2.07 bits per heavy atom. The maximum Gasteiger partial charge on any atom is 0.304 e. The van der Waals surface area contributed by atoms with Gasteiger partial charge in [-0.25, -0.2) is 0 Å². The molecule has 0 spiro atoms. The molecule has 2 aliphatic heterocycles. The van der Waals surface area contributed by atoms with Gasteiger partial charge in [0, 0.05) is 6.04 Å². The van der Waals surface area contributed by atoms with E-state index in [-0.39, 0.29) is 12.5 Å². The maximum absolute atomic E-state index is 10.8. The minimum atomic E-state index is -0.689. The molecule has 4 heteroatoms. The molecule has 0 bridgehead atoms. The topological polar surface area (TPSA) is 53.1 Å².